The van der Waals surface area contributed by atoms with Crippen molar-refractivity contribution in [2.45, 2.75) is 134 Å². The molecule has 254 valence electrons. The van der Waals surface area contributed by atoms with Crippen LogP contribution in [0.25, 0.3) is 0 Å². The summed E-state index contributed by atoms with van der Waals surface area (Å²) in [6, 6.07) is 0. The SMILES string of the molecule is C=C(C)C(=O)OCC(=O)OC(CC(C)(C)OC(C)(C)C(O)(C(F)(F)F)C(F)(F)F)C(C)(C)OC(C)(C)C(C)(O)C(F)(F)F. The summed E-state index contributed by atoms with van der Waals surface area (Å²) in [6.45, 7) is 10.3. The Morgan fingerprint density at radius 2 is 1.14 bits per heavy atom. The van der Waals surface area contributed by atoms with Gasteiger partial charge in [-0.25, -0.2) is 9.59 Å². The van der Waals surface area contributed by atoms with Gasteiger partial charge in [-0.3, -0.25) is 0 Å². The molecule has 0 amide bonds. The number of hydrogen-bond acceptors (Lipinski definition) is 8. The monoisotopic (exact) mass is 650 g/mol. The van der Waals surface area contributed by atoms with Crippen LogP contribution in [0.2, 0.25) is 0 Å². The molecule has 0 aromatic rings. The lowest BCUT2D eigenvalue weighted by molar-refractivity contribution is -0.420. The molecule has 0 aliphatic heterocycles. The third-order valence-electron chi connectivity index (χ3n) is 6.86. The van der Waals surface area contributed by atoms with E-state index in [-0.39, 0.29) is 5.57 Å². The molecule has 0 saturated heterocycles. The number of hydrogen-bond donors (Lipinski definition) is 2. The molecule has 2 N–H and O–H groups in total. The Morgan fingerprint density at radius 3 is 1.49 bits per heavy atom. The van der Waals surface area contributed by atoms with Crippen LogP contribution < -0.4 is 0 Å². The minimum atomic E-state index is -6.28. The topological polar surface area (TPSA) is 112 Å². The van der Waals surface area contributed by atoms with Crippen molar-refractivity contribution in [3.63, 3.8) is 0 Å². The molecule has 0 fully saturated rings. The van der Waals surface area contributed by atoms with Gasteiger partial charge in [-0.15, -0.1) is 0 Å². The number of aliphatic hydroxyl groups is 2. The van der Waals surface area contributed by atoms with Crippen molar-refractivity contribution in [3.8, 4) is 0 Å². The lowest BCUT2D eigenvalue weighted by atomic mass is 9.81. The molecular weight excluding hydrogens is 611 g/mol. The van der Waals surface area contributed by atoms with Crippen molar-refractivity contribution >= 4 is 11.9 Å². The van der Waals surface area contributed by atoms with Gasteiger partial charge in [0, 0.05) is 12.0 Å². The van der Waals surface area contributed by atoms with Gasteiger partial charge in [0.05, 0.1) is 5.60 Å². The largest absolute Gasteiger partial charge is 0.457 e. The number of esters is 2. The summed E-state index contributed by atoms with van der Waals surface area (Å²) in [4.78, 5) is 24.2. The molecular formula is C26H39F9O8. The summed E-state index contributed by atoms with van der Waals surface area (Å²) in [7, 11) is 0. The number of ether oxygens (including phenoxy) is 4. The Kier molecular flexibility index (Phi) is 11.7. The number of rotatable bonds is 13. The van der Waals surface area contributed by atoms with Gasteiger partial charge in [0.25, 0.3) is 5.60 Å². The molecule has 0 rings (SSSR count). The van der Waals surface area contributed by atoms with Gasteiger partial charge in [-0.1, -0.05) is 6.58 Å². The van der Waals surface area contributed by atoms with E-state index in [4.69, 9.17) is 14.2 Å². The zero-order valence-corrected chi connectivity index (χ0v) is 25.4. The second-order valence-corrected chi connectivity index (χ2v) is 12.4. The zero-order valence-electron chi connectivity index (χ0n) is 25.4. The van der Waals surface area contributed by atoms with Crippen LogP contribution in [-0.4, -0.2) is 87.0 Å². The van der Waals surface area contributed by atoms with Crippen molar-refractivity contribution in [2.24, 2.45) is 0 Å². The Labute approximate surface area is 243 Å². The quantitative estimate of drug-likeness (QED) is 0.148. The summed E-state index contributed by atoms with van der Waals surface area (Å²) >= 11 is 0. The normalized spacial score (nSPS) is 16.8. The molecule has 0 aromatic heterocycles. The van der Waals surface area contributed by atoms with E-state index in [1.807, 2.05) is 0 Å². The van der Waals surface area contributed by atoms with E-state index >= 15 is 0 Å². The fourth-order valence-corrected chi connectivity index (χ4v) is 4.13. The highest BCUT2D eigenvalue weighted by Gasteiger charge is 2.78. The molecule has 0 aliphatic rings. The standard InChI is InChI=1S/C26H39F9O8/c1-14(2)17(37)40-13-16(36)41-15(19(5,6)43-20(7,8)22(11,38)24(27,28)29)12-18(3,4)42-21(9,10)23(39,25(30,31)32)26(33,34)35/h15,38-39H,1,12-13H2,2-11H3. The van der Waals surface area contributed by atoms with Gasteiger partial charge in [0.15, 0.2) is 12.2 Å². The fourth-order valence-electron chi connectivity index (χ4n) is 4.13. The van der Waals surface area contributed by atoms with Crippen molar-refractivity contribution in [1.82, 2.24) is 0 Å². The summed E-state index contributed by atoms with van der Waals surface area (Å²) < 4.78 is 143. The first-order valence-corrected chi connectivity index (χ1v) is 12.6. The minimum Gasteiger partial charge on any atom is -0.457 e. The first kappa shape index (κ1) is 40.9. The molecule has 0 aliphatic carbocycles. The third-order valence-corrected chi connectivity index (χ3v) is 6.86. The summed E-state index contributed by atoms with van der Waals surface area (Å²) in [5.41, 5.74) is -19.2. The Balaban J connectivity index is 6.67. The second-order valence-electron chi connectivity index (χ2n) is 12.4. The smallest absolute Gasteiger partial charge is 0.429 e. The van der Waals surface area contributed by atoms with Crippen LogP contribution in [-0.2, 0) is 28.5 Å². The summed E-state index contributed by atoms with van der Waals surface area (Å²) in [5, 5.41) is 20.2. The minimum absolute atomic E-state index is 0.122. The molecule has 0 heterocycles. The predicted octanol–water partition coefficient (Wildman–Crippen LogP) is 5.72. The van der Waals surface area contributed by atoms with E-state index in [9.17, 15) is 59.3 Å². The Bertz CT molecular complexity index is 1010. The molecule has 43 heavy (non-hydrogen) atoms. The van der Waals surface area contributed by atoms with E-state index in [1.54, 1.807) is 0 Å². The average molecular weight is 651 g/mol. The number of carbonyl (C=O) groups is 2. The zero-order chi connectivity index (χ0) is 35.1. The molecule has 0 aromatic carbocycles. The van der Waals surface area contributed by atoms with Gasteiger partial charge in [-0.05, 0) is 69.2 Å². The maximum Gasteiger partial charge on any atom is 0.429 e. The average Bonchev–Trinajstić information content (AvgIpc) is 2.71. The fraction of sp³-hybridized carbons (Fsp3) is 0.846. The van der Waals surface area contributed by atoms with Crippen molar-refractivity contribution in [2.75, 3.05) is 6.61 Å². The molecule has 0 spiro atoms. The number of carbonyl (C=O) groups excluding carboxylic acids is 2. The summed E-state index contributed by atoms with van der Waals surface area (Å²) in [6.07, 6.45) is -20.5. The highest BCUT2D eigenvalue weighted by molar-refractivity contribution is 5.88. The van der Waals surface area contributed by atoms with E-state index < -0.39 is 83.2 Å². The van der Waals surface area contributed by atoms with Gasteiger partial charge < -0.3 is 29.2 Å². The summed E-state index contributed by atoms with van der Waals surface area (Å²) in [5.74, 6) is -2.37. The Hall–Kier alpha value is -2.11. The highest BCUT2D eigenvalue weighted by Crippen LogP contribution is 2.52. The van der Waals surface area contributed by atoms with Crippen LogP contribution in [0.5, 0.6) is 0 Å². The van der Waals surface area contributed by atoms with Crippen molar-refractivity contribution in [3.05, 3.63) is 12.2 Å². The van der Waals surface area contributed by atoms with Gasteiger partial charge in [-0.2, -0.15) is 39.5 Å². The van der Waals surface area contributed by atoms with Crippen LogP contribution in [0.1, 0.15) is 75.7 Å². The van der Waals surface area contributed by atoms with Crippen LogP contribution in [0.15, 0.2) is 12.2 Å². The molecule has 17 heteroatoms. The lowest BCUT2D eigenvalue weighted by Gasteiger charge is -2.50. The van der Waals surface area contributed by atoms with Crippen molar-refractivity contribution < 1.29 is 78.3 Å². The number of halogens is 9. The molecule has 2 atom stereocenters. The first-order valence-electron chi connectivity index (χ1n) is 12.6. The van der Waals surface area contributed by atoms with E-state index in [0.29, 0.717) is 20.8 Å². The van der Waals surface area contributed by atoms with Crippen LogP contribution in [0, 0.1) is 0 Å². The van der Waals surface area contributed by atoms with Gasteiger partial charge in [0.2, 0.25) is 0 Å². The van der Waals surface area contributed by atoms with Crippen LogP contribution >= 0.6 is 0 Å². The van der Waals surface area contributed by atoms with E-state index in [1.165, 1.54) is 6.92 Å². The van der Waals surface area contributed by atoms with Crippen molar-refractivity contribution in [1.29, 1.82) is 0 Å². The van der Waals surface area contributed by atoms with Crippen LogP contribution in [0.3, 0.4) is 0 Å². The molecule has 0 radical (unpaired) electrons. The third kappa shape index (κ3) is 9.20. The maximum atomic E-state index is 13.6. The predicted molar refractivity (Wildman–Crippen MR) is 132 cm³/mol. The second kappa shape index (κ2) is 12.4. The number of alkyl halides is 9. The first-order chi connectivity index (χ1) is 18.5. The van der Waals surface area contributed by atoms with E-state index in [0.717, 1.165) is 41.5 Å². The lowest BCUT2D eigenvalue weighted by Crippen LogP contribution is -2.71. The molecule has 8 nitrogen and oxygen atoms in total. The van der Waals surface area contributed by atoms with E-state index in [2.05, 4.69) is 11.3 Å². The molecule has 0 saturated carbocycles. The van der Waals surface area contributed by atoms with Crippen LogP contribution in [0.4, 0.5) is 39.5 Å². The van der Waals surface area contributed by atoms with Gasteiger partial charge in [0.1, 0.15) is 22.9 Å². The van der Waals surface area contributed by atoms with Gasteiger partial charge >= 0.3 is 30.5 Å². The molecule has 0 bridgehead atoms. The maximum absolute atomic E-state index is 13.6. The molecule has 2 unspecified atom stereocenters. The highest BCUT2D eigenvalue weighted by atomic mass is 19.4. The Morgan fingerprint density at radius 1 is 0.721 bits per heavy atom.